The minimum Gasteiger partial charge on any atom is -0.381 e. The monoisotopic (exact) mass is 277 g/mol. The van der Waals surface area contributed by atoms with Gasteiger partial charge in [0.15, 0.2) is 0 Å². The molecule has 1 N–H and O–H groups in total. The molecular formula is C16H27N3O. The summed E-state index contributed by atoms with van der Waals surface area (Å²) in [7, 11) is 0. The van der Waals surface area contributed by atoms with Crippen LogP contribution >= 0.6 is 0 Å². The number of nitrogens with zero attached hydrogens (tertiary/aromatic N) is 2. The van der Waals surface area contributed by atoms with E-state index >= 15 is 0 Å². The van der Waals surface area contributed by atoms with Crippen molar-refractivity contribution in [3.05, 3.63) is 29.6 Å². The summed E-state index contributed by atoms with van der Waals surface area (Å²) in [6.07, 6.45) is 1.21. The van der Waals surface area contributed by atoms with Crippen LogP contribution in [0.5, 0.6) is 0 Å². The van der Waals surface area contributed by atoms with E-state index in [-0.39, 0.29) is 0 Å². The third kappa shape index (κ3) is 5.19. The summed E-state index contributed by atoms with van der Waals surface area (Å²) in [5.74, 6) is 0.712. The molecule has 0 bridgehead atoms. The van der Waals surface area contributed by atoms with Crippen LogP contribution in [-0.4, -0.2) is 49.3 Å². The van der Waals surface area contributed by atoms with Crippen molar-refractivity contribution >= 4 is 0 Å². The Labute approximate surface area is 122 Å². The van der Waals surface area contributed by atoms with E-state index in [4.69, 9.17) is 4.74 Å². The molecule has 1 atom stereocenters. The SMILES string of the molecule is CCN(CCNCC1CCOC1)Cc1cccc(C)n1. The van der Waals surface area contributed by atoms with Gasteiger partial charge in [0.2, 0.25) is 0 Å². The van der Waals surface area contributed by atoms with Crippen molar-refractivity contribution in [1.29, 1.82) is 0 Å². The van der Waals surface area contributed by atoms with Gasteiger partial charge in [-0.1, -0.05) is 13.0 Å². The lowest BCUT2D eigenvalue weighted by molar-refractivity contribution is 0.185. The third-order valence-electron chi connectivity index (χ3n) is 3.84. The van der Waals surface area contributed by atoms with Gasteiger partial charge in [0.05, 0.1) is 12.3 Å². The second-order valence-corrected chi connectivity index (χ2v) is 5.57. The number of hydrogen-bond acceptors (Lipinski definition) is 4. The molecule has 0 amide bonds. The summed E-state index contributed by atoms with van der Waals surface area (Å²) in [5.41, 5.74) is 2.26. The molecule has 1 aromatic heterocycles. The predicted octanol–water partition coefficient (Wildman–Crippen LogP) is 1.84. The fraction of sp³-hybridized carbons (Fsp3) is 0.688. The zero-order valence-electron chi connectivity index (χ0n) is 12.8. The van der Waals surface area contributed by atoms with Crippen molar-refractivity contribution in [2.24, 2.45) is 5.92 Å². The van der Waals surface area contributed by atoms with Crippen LogP contribution in [0.4, 0.5) is 0 Å². The highest BCUT2D eigenvalue weighted by Gasteiger charge is 2.14. The van der Waals surface area contributed by atoms with Gasteiger partial charge in [-0.2, -0.15) is 0 Å². The van der Waals surface area contributed by atoms with Gasteiger partial charge < -0.3 is 10.1 Å². The topological polar surface area (TPSA) is 37.4 Å². The molecule has 1 fully saturated rings. The van der Waals surface area contributed by atoms with E-state index in [0.717, 1.165) is 57.3 Å². The van der Waals surface area contributed by atoms with E-state index in [9.17, 15) is 0 Å². The van der Waals surface area contributed by atoms with E-state index in [1.165, 1.54) is 6.42 Å². The van der Waals surface area contributed by atoms with E-state index < -0.39 is 0 Å². The van der Waals surface area contributed by atoms with Gasteiger partial charge in [-0.25, -0.2) is 0 Å². The molecule has 2 heterocycles. The largest absolute Gasteiger partial charge is 0.381 e. The predicted molar refractivity (Wildman–Crippen MR) is 81.7 cm³/mol. The highest BCUT2D eigenvalue weighted by molar-refractivity contribution is 5.09. The number of hydrogen-bond donors (Lipinski definition) is 1. The van der Waals surface area contributed by atoms with E-state index in [1.54, 1.807) is 0 Å². The standard InChI is InChI=1S/C16H27N3O/c1-3-19(12-16-6-4-5-14(2)18-16)9-8-17-11-15-7-10-20-13-15/h4-6,15,17H,3,7-13H2,1-2H3. The molecule has 0 aromatic carbocycles. The second kappa shape index (κ2) is 8.35. The number of aromatic nitrogens is 1. The number of rotatable bonds is 8. The Bertz CT molecular complexity index is 391. The van der Waals surface area contributed by atoms with Gasteiger partial charge in [-0.05, 0) is 37.9 Å². The van der Waals surface area contributed by atoms with Crippen molar-refractivity contribution in [1.82, 2.24) is 15.2 Å². The highest BCUT2D eigenvalue weighted by Crippen LogP contribution is 2.10. The molecule has 1 aromatic rings. The van der Waals surface area contributed by atoms with Crippen LogP contribution in [0, 0.1) is 12.8 Å². The van der Waals surface area contributed by atoms with Crippen LogP contribution in [0.3, 0.4) is 0 Å². The molecule has 1 unspecified atom stereocenters. The Morgan fingerprint density at radius 2 is 2.35 bits per heavy atom. The lowest BCUT2D eigenvalue weighted by Gasteiger charge is -2.20. The third-order valence-corrected chi connectivity index (χ3v) is 3.84. The average Bonchev–Trinajstić information content (AvgIpc) is 2.95. The van der Waals surface area contributed by atoms with Gasteiger partial charge >= 0.3 is 0 Å². The fourth-order valence-electron chi connectivity index (χ4n) is 2.55. The first kappa shape index (κ1) is 15.4. The summed E-state index contributed by atoms with van der Waals surface area (Å²) in [6, 6.07) is 6.24. The van der Waals surface area contributed by atoms with Crippen LogP contribution in [0.25, 0.3) is 0 Å². The number of ether oxygens (including phenoxy) is 1. The Morgan fingerprint density at radius 3 is 3.05 bits per heavy atom. The van der Waals surface area contributed by atoms with Crippen molar-refractivity contribution < 1.29 is 4.74 Å². The quantitative estimate of drug-likeness (QED) is 0.736. The first-order valence-electron chi connectivity index (χ1n) is 7.71. The summed E-state index contributed by atoms with van der Waals surface area (Å²) in [4.78, 5) is 7.00. The van der Waals surface area contributed by atoms with Crippen molar-refractivity contribution in [2.45, 2.75) is 26.8 Å². The van der Waals surface area contributed by atoms with E-state index in [2.05, 4.69) is 34.3 Å². The first-order chi connectivity index (χ1) is 9.78. The van der Waals surface area contributed by atoms with Crippen LogP contribution in [0.15, 0.2) is 18.2 Å². The summed E-state index contributed by atoms with van der Waals surface area (Å²) >= 11 is 0. The molecule has 0 saturated carbocycles. The van der Waals surface area contributed by atoms with Crippen LogP contribution in [-0.2, 0) is 11.3 Å². The number of likely N-dealkylation sites (N-methyl/N-ethyl adjacent to an activating group) is 1. The minimum absolute atomic E-state index is 0.712. The Morgan fingerprint density at radius 1 is 1.45 bits per heavy atom. The molecule has 20 heavy (non-hydrogen) atoms. The summed E-state index contributed by atoms with van der Waals surface area (Å²) in [5, 5.41) is 3.55. The molecule has 1 aliphatic heterocycles. The van der Waals surface area contributed by atoms with Crippen molar-refractivity contribution in [3.8, 4) is 0 Å². The molecule has 0 radical (unpaired) electrons. The molecule has 0 spiro atoms. The van der Waals surface area contributed by atoms with E-state index in [1.807, 2.05) is 13.0 Å². The normalized spacial score (nSPS) is 18.9. The molecule has 4 nitrogen and oxygen atoms in total. The molecule has 112 valence electrons. The van der Waals surface area contributed by atoms with Crippen molar-refractivity contribution in [3.63, 3.8) is 0 Å². The number of nitrogens with one attached hydrogen (secondary N) is 1. The van der Waals surface area contributed by atoms with Gasteiger partial charge in [-0.3, -0.25) is 9.88 Å². The lowest BCUT2D eigenvalue weighted by atomic mass is 10.1. The van der Waals surface area contributed by atoms with Gasteiger partial charge in [0, 0.05) is 38.5 Å². The molecular weight excluding hydrogens is 250 g/mol. The van der Waals surface area contributed by atoms with Crippen LogP contribution in [0.2, 0.25) is 0 Å². The Hall–Kier alpha value is -0.970. The Kier molecular flexibility index (Phi) is 6.43. The average molecular weight is 277 g/mol. The fourth-order valence-corrected chi connectivity index (χ4v) is 2.55. The summed E-state index contributed by atoms with van der Waals surface area (Å²) < 4.78 is 5.39. The molecule has 1 saturated heterocycles. The molecule has 2 rings (SSSR count). The summed E-state index contributed by atoms with van der Waals surface area (Å²) in [6.45, 7) is 11.3. The highest BCUT2D eigenvalue weighted by atomic mass is 16.5. The zero-order chi connectivity index (χ0) is 14.2. The van der Waals surface area contributed by atoms with Gasteiger partial charge in [0.25, 0.3) is 0 Å². The zero-order valence-corrected chi connectivity index (χ0v) is 12.8. The number of pyridine rings is 1. The lowest BCUT2D eigenvalue weighted by Crippen LogP contribution is -2.34. The van der Waals surface area contributed by atoms with E-state index in [0.29, 0.717) is 5.92 Å². The second-order valence-electron chi connectivity index (χ2n) is 5.57. The minimum atomic E-state index is 0.712. The maximum atomic E-state index is 5.39. The van der Waals surface area contributed by atoms with Gasteiger partial charge in [0.1, 0.15) is 0 Å². The molecule has 4 heteroatoms. The molecule has 0 aliphatic carbocycles. The van der Waals surface area contributed by atoms with Gasteiger partial charge in [-0.15, -0.1) is 0 Å². The smallest absolute Gasteiger partial charge is 0.0547 e. The Balaban J connectivity index is 1.66. The number of aryl methyl sites for hydroxylation is 1. The molecule has 1 aliphatic rings. The van der Waals surface area contributed by atoms with Crippen molar-refractivity contribution in [2.75, 3.05) is 39.4 Å². The maximum absolute atomic E-state index is 5.39. The first-order valence-corrected chi connectivity index (χ1v) is 7.71. The van der Waals surface area contributed by atoms with Crippen LogP contribution in [0.1, 0.15) is 24.7 Å². The maximum Gasteiger partial charge on any atom is 0.0547 e. The van der Waals surface area contributed by atoms with Crippen LogP contribution < -0.4 is 5.32 Å².